The van der Waals surface area contributed by atoms with Gasteiger partial charge in [-0.15, -0.1) is 0 Å². The highest BCUT2D eigenvalue weighted by Crippen LogP contribution is 1.99. The summed E-state index contributed by atoms with van der Waals surface area (Å²) >= 11 is 0. The first-order valence-electron chi connectivity index (χ1n) is 3.94. The lowest BCUT2D eigenvalue weighted by Crippen LogP contribution is -1.79. The molecule has 0 spiro atoms. The first kappa shape index (κ1) is 13.0. The number of rotatable bonds is 5. The summed E-state index contributed by atoms with van der Waals surface area (Å²) in [5.74, 6) is 0.150. The molecular formula is C9H19NO. The number of hydrogen-bond donors (Lipinski definition) is 1. The number of carbonyl (C=O) groups is 1. The highest BCUT2D eigenvalue weighted by Gasteiger charge is 1.83. The van der Waals surface area contributed by atoms with Crippen LogP contribution < -0.4 is 6.15 Å². The summed E-state index contributed by atoms with van der Waals surface area (Å²) in [5.41, 5.74) is 0. The number of carbonyl (C=O) groups excluding carboxylic acids is 1. The molecular weight excluding hydrogens is 138 g/mol. The van der Waals surface area contributed by atoms with Gasteiger partial charge >= 0.3 is 0 Å². The minimum absolute atomic E-state index is 0. The van der Waals surface area contributed by atoms with Gasteiger partial charge in [0.25, 0.3) is 0 Å². The smallest absolute Gasteiger partial charge is 0.152 e. The number of hydrogen-bond acceptors (Lipinski definition) is 2. The van der Waals surface area contributed by atoms with Crippen molar-refractivity contribution in [2.75, 3.05) is 0 Å². The molecule has 0 unspecified atom stereocenters. The molecule has 11 heavy (non-hydrogen) atoms. The number of ketones is 1. The van der Waals surface area contributed by atoms with E-state index in [9.17, 15) is 4.79 Å². The van der Waals surface area contributed by atoms with Crippen LogP contribution in [-0.4, -0.2) is 5.78 Å². The molecule has 3 N–H and O–H groups in total. The van der Waals surface area contributed by atoms with Gasteiger partial charge in [-0.3, -0.25) is 4.79 Å². The fraction of sp³-hybridized carbons (Fsp3) is 0.667. The van der Waals surface area contributed by atoms with Crippen LogP contribution in [0.25, 0.3) is 0 Å². The van der Waals surface area contributed by atoms with Crippen LogP contribution in [0.1, 0.15) is 39.5 Å². The second kappa shape index (κ2) is 9.37. The third-order valence-electron chi connectivity index (χ3n) is 1.33. The quantitative estimate of drug-likeness (QED) is 0.492. The summed E-state index contributed by atoms with van der Waals surface area (Å²) in [5, 5.41) is 0. The molecule has 0 aliphatic rings. The molecule has 0 fully saturated rings. The molecule has 0 aromatic rings. The van der Waals surface area contributed by atoms with Crippen LogP contribution in [0.2, 0.25) is 0 Å². The summed E-state index contributed by atoms with van der Waals surface area (Å²) in [4.78, 5) is 10.4. The zero-order valence-corrected chi connectivity index (χ0v) is 7.60. The molecule has 0 heterocycles. The molecule has 0 atom stereocenters. The molecule has 0 aliphatic heterocycles. The van der Waals surface area contributed by atoms with Gasteiger partial charge in [-0.25, -0.2) is 0 Å². The second-order valence-corrected chi connectivity index (χ2v) is 2.51. The fourth-order valence-electron chi connectivity index (χ4n) is 0.761. The Balaban J connectivity index is 0. The van der Waals surface area contributed by atoms with Crippen LogP contribution in [0, 0.1) is 0 Å². The molecule has 0 aromatic heterocycles. The van der Waals surface area contributed by atoms with Crippen molar-refractivity contribution in [3.63, 3.8) is 0 Å². The van der Waals surface area contributed by atoms with E-state index in [2.05, 4.69) is 6.92 Å². The van der Waals surface area contributed by atoms with Gasteiger partial charge in [0.05, 0.1) is 0 Å². The van der Waals surface area contributed by atoms with E-state index in [0.29, 0.717) is 0 Å². The van der Waals surface area contributed by atoms with Crippen molar-refractivity contribution in [2.45, 2.75) is 39.5 Å². The normalized spacial score (nSPS) is 9.64. The molecule has 2 heteroatoms. The Morgan fingerprint density at radius 2 is 2.00 bits per heavy atom. The maximum absolute atomic E-state index is 10.4. The highest BCUT2D eigenvalue weighted by molar-refractivity contribution is 5.87. The van der Waals surface area contributed by atoms with E-state index in [1.807, 2.05) is 6.08 Å². The molecule has 0 rings (SSSR count). The molecule has 66 valence electrons. The maximum Gasteiger partial charge on any atom is 0.152 e. The van der Waals surface area contributed by atoms with E-state index in [0.717, 1.165) is 6.42 Å². The van der Waals surface area contributed by atoms with Crippen molar-refractivity contribution in [3.05, 3.63) is 12.2 Å². The minimum atomic E-state index is 0. The topological polar surface area (TPSA) is 52.1 Å². The summed E-state index contributed by atoms with van der Waals surface area (Å²) in [6.45, 7) is 3.75. The SMILES string of the molecule is CCCCCC=CC(C)=O.N. The maximum atomic E-state index is 10.4. The van der Waals surface area contributed by atoms with E-state index < -0.39 is 0 Å². The van der Waals surface area contributed by atoms with E-state index >= 15 is 0 Å². The monoisotopic (exact) mass is 157 g/mol. The Morgan fingerprint density at radius 3 is 2.45 bits per heavy atom. The minimum Gasteiger partial charge on any atom is -0.344 e. The van der Waals surface area contributed by atoms with Crippen molar-refractivity contribution in [1.29, 1.82) is 0 Å². The highest BCUT2D eigenvalue weighted by atomic mass is 16.1. The van der Waals surface area contributed by atoms with E-state index in [4.69, 9.17) is 0 Å². The third-order valence-corrected chi connectivity index (χ3v) is 1.33. The Bertz CT molecular complexity index is 119. The summed E-state index contributed by atoms with van der Waals surface area (Å²) < 4.78 is 0. The number of unbranched alkanes of at least 4 members (excludes halogenated alkanes) is 3. The van der Waals surface area contributed by atoms with E-state index in [1.165, 1.54) is 19.3 Å². The fourth-order valence-corrected chi connectivity index (χ4v) is 0.761. The molecule has 0 aromatic carbocycles. The largest absolute Gasteiger partial charge is 0.344 e. The Morgan fingerprint density at radius 1 is 1.36 bits per heavy atom. The Hall–Kier alpha value is -0.630. The van der Waals surface area contributed by atoms with Gasteiger partial charge in [0.1, 0.15) is 0 Å². The van der Waals surface area contributed by atoms with Crippen LogP contribution in [-0.2, 0) is 4.79 Å². The Labute approximate surface area is 69.3 Å². The zero-order valence-electron chi connectivity index (χ0n) is 7.60. The van der Waals surface area contributed by atoms with E-state index in [1.54, 1.807) is 13.0 Å². The standard InChI is InChI=1S/C9H16O.H3N/c1-3-4-5-6-7-8-9(2)10;/h7-8H,3-6H2,1-2H3;1H3. The average molecular weight is 157 g/mol. The average Bonchev–Trinajstić information content (AvgIpc) is 1.87. The van der Waals surface area contributed by atoms with Crippen LogP contribution in [0.4, 0.5) is 0 Å². The first-order valence-corrected chi connectivity index (χ1v) is 3.94. The summed E-state index contributed by atoms with van der Waals surface area (Å²) in [6, 6.07) is 0. The molecule has 0 amide bonds. The Kier molecular flexibility index (Phi) is 11.1. The van der Waals surface area contributed by atoms with Crippen molar-refractivity contribution in [2.24, 2.45) is 0 Å². The van der Waals surface area contributed by atoms with Crippen molar-refractivity contribution >= 4 is 5.78 Å². The van der Waals surface area contributed by atoms with Crippen LogP contribution in [0.15, 0.2) is 12.2 Å². The van der Waals surface area contributed by atoms with E-state index in [-0.39, 0.29) is 11.9 Å². The zero-order chi connectivity index (χ0) is 7.82. The summed E-state index contributed by atoms with van der Waals surface area (Å²) in [6.07, 6.45) is 8.37. The van der Waals surface area contributed by atoms with Crippen LogP contribution in [0.5, 0.6) is 0 Å². The van der Waals surface area contributed by atoms with Crippen LogP contribution >= 0.6 is 0 Å². The van der Waals surface area contributed by atoms with Gasteiger partial charge in [0, 0.05) is 0 Å². The van der Waals surface area contributed by atoms with Crippen molar-refractivity contribution in [3.8, 4) is 0 Å². The summed E-state index contributed by atoms with van der Waals surface area (Å²) in [7, 11) is 0. The van der Waals surface area contributed by atoms with Crippen molar-refractivity contribution in [1.82, 2.24) is 6.15 Å². The lowest BCUT2D eigenvalue weighted by atomic mass is 10.2. The predicted molar refractivity (Wildman–Crippen MR) is 49.0 cm³/mol. The lowest BCUT2D eigenvalue weighted by molar-refractivity contribution is -0.112. The number of allylic oxidation sites excluding steroid dienone is 2. The molecule has 0 radical (unpaired) electrons. The lowest BCUT2D eigenvalue weighted by Gasteiger charge is -1.89. The van der Waals surface area contributed by atoms with Crippen molar-refractivity contribution < 1.29 is 4.79 Å². The van der Waals surface area contributed by atoms with Gasteiger partial charge in [0.15, 0.2) is 5.78 Å². The first-order chi connectivity index (χ1) is 4.77. The molecule has 0 saturated carbocycles. The van der Waals surface area contributed by atoms with Gasteiger partial charge in [-0.05, 0) is 25.8 Å². The molecule has 2 nitrogen and oxygen atoms in total. The third kappa shape index (κ3) is 12.5. The van der Waals surface area contributed by atoms with Gasteiger partial charge in [-0.1, -0.05) is 25.8 Å². The predicted octanol–water partition coefficient (Wildman–Crippen LogP) is 2.87. The molecule has 0 bridgehead atoms. The van der Waals surface area contributed by atoms with Crippen LogP contribution in [0.3, 0.4) is 0 Å². The van der Waals surface area contributed by atoms with Gasteiger partial charge in [-0.2, -0.15) is 0 Å². The molecule has 0 saturated heterocycles. The van der Waals surface area contributed by atoms with Gasteiger partial charge in [0.2, 0.25) is 0 Å². The second-order valence-electron chi connectivity index (χ2n) is 2.51. The molecule has 0 aliphatic carbocycles. The van der Waals surface area contributed by atoms with Gasteiger partial charge < -0.3 is 6.15 Å².